The van der Waals surface area contributed by atoms with Crippen LogP contribution < -0.4 is 15.5 Å². The van der Waals surface area contributed by atoms with E-state index in [1.54, 1.807) is 12.1 Å². The lowest BCUT2D eigenvalue weighted by atomic mass is 9.89. The number of hydrogen-bond acceptors (Lipinski definition) is 9. The summed E-state index contributed by atoms with van der Waals surface area (Å²) in [7, 11) is 0. The maximum atomic E-state index is 10.6. The van der Waals surface area contributed by atoms with Crippen molar-refractivity contribution >= 4 is 29.4 Å². The Hall–Kier alpha value is -5.78. The molecular weight excluding hydrogens is 773 g/mol. The standard InChI is InChI=1S/C29H33N5O.3C2HF3O2/c30-19-21-7-11-25(12-8-21)34-17-3-4-24(20-34)32-27-5-1-2-6-28(27)33-29-18-23(15-16-31-29)22-9-13-26(35)14-10-22;3*3-2(4,5)1(6)7/h7-16,18,24,27-28,32,35H,1-6,17,20H2,(H,31,33);3*(H,6,7)/t24-,27+,28+;;;/m0.../s1. The first-order valence-corrected chi connectivity index (χ1v) is 16.4. The maximum Gasteiger partial charge on any atom is 0.490 e. The molecule has 21 heteroatoms. The van der Waals surface area contributed by atoms with Crippen LogP contribution in [0.3, 0.4) is 0 Å². The molecule has 1 aliphatic heterocycles. The number of carboxylic acids is 3. The predicted octanol–water partition coefficient (Wildman–Crippen LogP) is 7.21. The van der Waals surface area contributed by atoms with E-state index in [-0.39, 0.29) is 5.75 Å². The molecule has 0 radical (unpaired) electrons. The smallest absolute Gasteiger partial charge is 0.490 e. The third-order valence-corrected chi connectivity index (χ3v) is 8.02. The molecule has 2 fully saturated rings. The zero-order chi connectivity index (χ0) is 42.3. The molecule has 3 atom stereocenters. The van der Waals surface area contributed by atoms with E-state index in [2.05, 4.69) is 44.8 Å². The van der Waals surface area contributed by atoms with Gasteiger partial charge in [0, 0.05) is 43.1 Å². The number of nitriles is 1. The molecule has 1 aliphatic carbocycles. The number of nitrogens with zero attached hydrogens (tertiary/aromatic N) is 3. The Morgan fingerprint density at radius 1 is 0.714 bits per heavy atom. The lowest BCUT2D eigenvalue weighted by Crippen LogP contribution is -2.54. The molecular formula is C35H36F9N5O7. The monoisotopic (exact) mass is 809 g/mol. The number of carbonyl (C=O) groups is 3. The van der Waals surface area contributed by atoms with E-state index in [1.807, 2.05) is 36.5 Å². The van der Waals surface area contributed by atoms with Crippen LogP contribution in [0.25, 0.3) is 11.1 Å². The van der Waals surface area contributed by atoms with E-state index in [9.17, 15) is 44.6 Å². The Labute approximate surface area is 313 Å². The fraction of sp³-hybridized carbons (Fsp3) is 0.400. The number of pyridine rings is 1. The lowest BCUT2D eigenvalue weighted by molar-refractivity contribution is -0.193. The van der Waals surface area contributed by atoms with Gasteiger partial charge in [-0.05, 0) is 85.3 Å². The highest BCUT2D eigenvalue weighted by molar-refractivity contribution is 5.73. The number of aromatic hydroxyl groups is 1. The van der Waals surface area contributed by atoms with Gasteiger partial charge in [-0.25, -0.2) is 19.4 Å². The summed E-state index contributed by atoms with van der Waals surface area (Å²) in [6, 6.07) is 22.8. The first-order valence-electron chi connectivity index (χ1n) is 16.4. The summed E-state index contributed by atoms with van der Waals surface area (Å²) in [5.74, 6) is -7.10. The van der Waals surface area contributed by atoms with Crippen molar-refractivity contribution in [3.63, 3.8) is 0 Å². The number of phenolic OH excluding ortho intramolecular Hbond substituents is 1. The number of halogens is 9. The Balaban J connectivity index is 0.000000423. The molecule has 12 nitrogen and oxygen atoms in total. The summed E-state index contributed by atoms with van der Waals surface area (Å²) >= 11 is 0. The van der Waals surface area contributed by atoms with E-state index < -0.39 is 36.4 Å². The summed E-state index contributed by atoms with van der Waals surface area (Å²) in [5, 5.41) is 47.8. The predicted molar refractivity (Wildman–Crippen MR) is 182 cm³/mol. The second-order valence-corrected chi connectivity index (χ2v) is 12.1. The van der Waals surface area contributed by atoms with Crippen LogP contribution in [-0.4, -0.2) is 93.1 Å². The van der Waals surface area contributed by atoms with E-state index in [4.69, 9.17) is 35.0 Å². The van der Waals surface area contributed by atoms with Crippen LogP contribution in [0.5, 0.6) is 5.75 Å². The molecule has 0 amide bonds. The van der Waals surface area contributed by atoms with Gasteiger partial charge in [0.25, 0.3) is 0 Å². The van der Waals surface area contributed by atoms with E-state index in [1.165, 1.54) is 37.8 Å². The molecule has 0 unspecified atom stereocenters. The van der Waals surface area contributed by atoms with Gasteiger partial charge in [-0.3, -0.25) is 0 Å². The normalized spacial score (nSPS) is 18.2. The number of anilines is 2. The molecule has 56 heavy (non-hydrogen) atoms. The molecule has 2 aliphatic rings. The molecule has 2 heterocycles. The van der Waals surface area contributed by atoms with Crippen LogP contribution in [0.15, 0.2) is 66.9 Å². The number of aromatic nitrogens is 1. The van der Waals surface area contributed by atoms with Crippen molar-refractivity contribution in [2.24, 2.45) is 0 Å². The fourth-order valence-electron chi connectivity index (χ4n) is 5.43. The van der Waals surface area contributed by atoms with Crippen LogP contribution in [0.2, 0.25) is 0 Å². The molecule has 1 aromatic heterocycles. The van der Waals surface area contributed by atoms with Gasteiger partial charge >= 0.3 is 36.4 Å². The summed E-state index contributed by atoms with van der Waals surface area (Å²) in [4.78, 5) is 33.7. The average molecular weight is 810 g/mol. The average Bonchev–Trinajstić information content (AvgIpc) is 3.13. The summed E-state index contributed by atoms with van der Waals surface area (Å²) < 4.78 is 95.2. The largest absolute Gasteiger partial charge is 0.508 e. The van der Waals surface area contributed by atoms with Gasteiger partial charge in [0.15, 0.2) is 0 Å². The van der Waals surface area contributed by atoms with Crippen LogP contribution in [0.4, 0.5) is 51.0 Å². The molecule has 2 aromatic carbocycles. The van der Waals surface area contributed by atoms with Crippen molar-refractivity contribution in [1.82, 2.24) is 10.3 Å². The number of rotatable bonds is 6. The number of piperidine rings is 1. The number of nitrogens with one attached hydrogen (secondary N) is 2. The third kappa shape index (κ3) is 16.3. The van der Waals surface area contributed by atoms with Crippen LogP contribution >= 0.6 is 0 Å². The molecule has 0 spiro atoms. The van der Waals surface area contributed by atoms with Crippen molar-refractivity contribution in [1.29, 1.82) is 5.26 Å². The van der Waals surface area contributed by atoms with E-state index in [0.717, 1.165) is 36.5 Å². The highest BCUT2D eigenvalue weighted by Gasteiger charge is 2.39. The van der Waals surface area contributed by atoms with Crippen molar-refractivity contribution in [3.8, 4) is 22.9 Å². The van der Waals surface area contributed by atoms with Crippen molar-refractivity contribution in [3.05, 3.63) is 72.4 Å². The number of aliphatic carboxylic acids is 3. The minimum absolute atomic E-state index is 0.276. The van der Waals surface area contributed by atoms with E-state index in [0.29, 0.717) is 23.7 Å². The van der Waals surface area contributed by atoms with Gasteiger partial charge < -0.3 is 36.0 Å². The van der Waals surface area contributed by atoms with Crippen molar-refractivity contribution < 1.29 is 74.3 Å². The molecule has 5 rings (SSSR count). The first-order chi connectivity index (χ1) is 26.0. The minimum atomic E-state index is -5.08. The number of carboxylic acid groups (broad SMARTS) is 3. The molecule has 3 aromatic rings. The van der Waals surface area contributed by atoms with Crippen LogP contribution in [-0.2, 0) is 14.4 Å². The zero-order valence-corrected chi connectivity index (χ0v) is 29.0. The fourth-order valence-corrected chi connectivity index (χ4v) is 5.43. The number of benzene rings is 2. The quantitative estimate of drug-likeness (QED) is 0.137. The van der Waals surface area contributed by atoms with Crippen molar-refractivity contribution in [2.75, 3.05) is 23.3 Å². The van der Waals surface area contributed by atoms with E-state index >= 15 is 0 Å². The van der Waals surface area contributed by atoms with Gasteiger partial charge in [-0.15, -0.1) is 0 Å². The second-order valence-electron chi connectivity index (χ2n) is 12.1. The molecule has 1 saturated carbocycles. The van der Waals surface area contributed by atoms with Gasteiger partial charge in [-0.2, -0.15) is 44.8 Å². The summed E-state index contributed by atoms with van der Waals surface area (Å²) in [6.07, 6.45) is -6.26. The molecule has 6 N–H and O–H groups in total. The molecule has 0 bridgehead atoms. The van der Waals surface area contributed by atoms with Crippen LogP contribution in [0, 0.1) is 11.3 Å². The van der Waals surface area contributed by atoms with Crippen molar-refractivity contribution in [2.45, 2.75) is 75.2 Å². The molecule has 1 saturated heterocycles. The SMILES string of the molecule is N#Cc1ccc(N2CCC[C@H](N[C@@H]3CCCC[C@H]3Nc3cc(-c4ccc(O)cc4)ccn3)C2)cc1.O=C(O)C(F)(F)F.O=C(O)C(F)(F)F.O=C(O)C(F)(F)F. The zero-order valence-electron chi connectivity index (χ0n) is 29.0. The minimum Gasteiger partial charge on any atom is -0.508 e. The second kappa shape index (κ2) is 20.8. The Bertz CT molecular complexity index is 1710. The lowest BCUT2D eigenvalue weighted by Gasteiger charge is -2.40. The van der Waals surface area contributed by atoms with Gasteiger partial charge in [-0.1, -0.05) is 25.0 Å². The number of hydrogen-bond donors (Lipinski definition) is 6. The Kier molecular flexibility index (Phi) is 17.2. The van der Waals surface area contributed by atoms with Gasteiger partial charge in [0.2, 0.25) is 0 Å². The summed E-state index contributed by atoms with van der Waals surface area (Å²) in [5.41, 5.74) is 4.06. The highest BCUT2D eigenvalue weighted by atomic mass is 19.4. The summed E-state index contributed by atoms with van der Waals surface area (Å²) in [6.45, 7) is 2.05. The first kappa shape index (κ1) is 46.4. The highest BCUT2D eigenvalue weighted by Crippen LogP contribution is 2.28. The van der Waals surface area contributed by atoms with Gasteiger partial charge in [0.1, 0.15) is 11.6 Å². The third-order valence-electron chi connectivity index (χ3n) is 8.02. The number of alkyl halides is 9. The topological polar surface area (TPSA) is 196 Å². The maximum absolute atomic E-state index is 10.6. The van der Waals surface area contributed by atoms with Crippen LogP contribution in [0.1, 0.15) is 44.1 Å². The van der Waals surface area contributed by atoms with Gasteiger partial charge in [0.05, 0.1) is 11.6 Å². The Morgan fingerprint density at radius 2 is 1.21 bits per heavy atom. The number of phenols is 1. The molecule has 306 valence electrons. The Morgan fingerprint density at radius 3 is 1.70 bits per heavy atom.